The van der Waals surface area contributed by atoms with Crippen molar-refractivity contribution in [2.75, 3.05) is 13.1 Å². The molecule has 1 atom stereocenters. The van der Waals surface area contributed by atoms with Gasteiger partial charge in [0.15, 0.2) is 0 Å². The largest absolute Gasteiger partial charge is 0.341 e. The molecular weight excluding hydrogens is 334 g/mol. The van der Waals surface area contributed by atoms with E-state index in [2.05, 4.69) is 40.7 Å². The molecule has 0 N–H and O–H groups in total. The van der Waals surface area contributed by atoms with E-state index >= 15 is 0 Å². The molecular formula is C23H31N3O. The van der Waals surface area contributed by atoms with E-state index in [0.717, 1.165) is 38.8 Å². The standard InChI is InChI=1S/C23H31N3O/c1-18-16-24-23(20-11-6-12-20)26(18)21-13-7-15-25(17-21)22(27)14-5-10-19-8-3-2-4-9-19/h2-4,8-9,16,20-21H,5-7,10-15,17H2,1H3. The van der Waals surface area contributed by atoms with Crippen molar-refractivity contribution in [3.05, 3.63) is 53.6 Å². The molecule has 1 aliphatic carbocycles. The molecule has 0 bridgehead atoms. The zero-order valence-electron chi connectivity index (χ0n) is 16.4. The second-order valence-corrected chi connectivity index (χ2v) is 8.23. The van der Waals surface area contributed by atoms with Crippen molar-refractivity contribution in [1.82, 2.24) is 14.5 Å². The van der Waals surface area contributed by atoms with Crippen LogP contribution in [-0.2, 0) is 11.2 Å². The maximum absolute atomic E-state index is 12.8. The van der Waals surface area contributed by atoms with Crippen LogP contribution in [0.5, 0.6) is 0 Å². The Morgan fingerprint density at radius 1 is 1.15 bits per heavy atom. The van der Waals surface area contributed by atoms with Crippen molar-refractivity contribution in [3.63, 3.8) is 0 Å². The van der Waals surface area contributed by atoms with Gasteiger partial charge in [0.1, 0.15) is 5.82 Å². The number of likely N-dealkylation sites (tertiary alicyclic amines) is 1. The zero-order valence-corrected chi connectivity index (χ0v) is 16.4. The van der Waals surface area contributed by atoms with Crippen LogP contribution in [0.15, 0.2) is 36.5 Å². The highest BCUT2D eigenvalue weighted by Gasteiger charge is 2.31. The fourth-order valence-corrected chi connectivity index (χ4v) is 4.55. The van der Waals surface area contributed by atoms with Crippen molar-refractivity contribution < 1.29 is 4.79 Å². The normalized spacial score (nSPS) is 20.5. The number of carbonyl (C=O) groups excluding carboxylic acids is 1. The number of amides is 1. The Morgan fingerprint density at radius 2 is 1.96 bits per heavy atom. The Hall–Kier alpha value is -2.10. The molecule has 27 heavy (non-hydrogen) atoms. The van der Waals surface area contributed by atoms with Gasteiger partial charge >= 0.3 is 0 Å². The maximum atomic E-state index is 12.8. The van der Waals surface area contributed by atoms with Crippen LogP contribution < -0.4 is 0 Å². The van der Waals surface area contributed by atoms with Crippen molar-refractivity contribution >= 4 is 5.91 Å². The number of piperidine rings is 1. The van der Waals surface area contributed by atoms with E-state index in [4.69, 9.17) is 4.98 Å². The first-order valence-corrected chi connectivity index (χ1v) is 10.6. The van der Waals surface area contributed by atoms with Gasteiger partial charge in [-0.2, -0.15) is 0 Å². The minimum Gasteiger partial charge on any atom is -0.341 e. The van der Waals surface area contributed by atoms with Crippen LogP contribution in [0.2, 0.25) is 0 Å². The summed E-state index contributed by atoms with van der Waals surface area (Å²) in [5.41, 5.74) is 2.57. The lowest BCUT2D eigenvalue weighted by Gasteiger charge is -2.36. The molecule has 1 aliphatic heterocycles. The van der Waals surface area contributed by atoms with Gasteiger partial charge in [-0.1, -0.05) is 36.8 Å². The van der Waals surface area contributed by atoms with Gasteiger partial charge in [-0.15, -0.1) is 0 Å². The lowest BCUT2D eigenvalue weighted by Crippen LogP contribution is -2.41. The predicted molar refractivity (Wildman–Crippen MR) is 108 cm³/mol. The minimum atomic E-state index is 0.318. The first-order chi connectivity index (χ1) is 13.2. The molecule has 1 saturated carbocycles. The lowest BCUT2D eigenvalue weighted by molar-refractivity contribution is -0.133. The molecule has 1 aromatic heterocycles. The minimum absolute atomic E-state index is 0.318. The SMILES string of the molecule is Cc1cnc(C2CCC2)n1C1CCCN(C(=O)CCCc2ccccc2)C1. The summed E-state index contributed by atoms with van der Waals surface area (Å²) in [5.74, 6) is 2.22. The van der Waals surface area contributed by atoms with Gasteiger partial charge in [-0.3, -0.25) is 4.79 Å². The summed E-state index contributed by atoms with van der Waals surface area (Å²) in [5, 5.41) is 0. The number of aryl methyl sites for hydroxylation is 2. The van der Waals surface area contributed by atoms with Crippen molar-refractivity contribution in [2.24, 2.45) is 0 Å². The van der Waals surface area contributed by atoms with E-state index < -0.39 is 0 Å². The van der Waals surface area contributed by atoms with Crippen LogP contribution >= 0.6 is 0 Å². The summed E-state index contributed by atoms with van der Waals surface area (Å²) < 4.78 is 2.45. The molecule has 4 nitrogen and oxygen atoms in total. The molecule has 1 aromatic carbocycles. The van der Waals surface area contributed by atoms with Crippen LogP contribution in [0.25, 0.3) is 0 Å². The quantitative estimate of drug-likeness (QED) is 0.747. The van der Waals surface area contributed by atoms with Gasteiger partial charge in [0.05, 0.1) is 6.04 Å². The van der Waals surface area contributed by atoms with E-state index in [9.17, 15) is 4.79 Å². The first kappa shape index (κ1) is 18.3. The Balaban J connectivity index is 1.35. The van der Waals surface area contributed by atoms with E-state index in [1.165, 1.54) is 36.3 Å². The third kappa shape index (κ3) is 4.10. The predicted octanol–water partition coefficient (Wildman–Crippen LogP) is 4.65. The van der Waals surface area contributed by atoms with Gasteiger partial charge < -0.3 is 9.47 Å². The molecule has 1 amide bonds. The average Bonchev–Trinajstić information content (AvgIpc) is 3.02. The molecule has 0 spiro atoms. The summed E-state index contributed by atoms with van der Waals surface area (Å²) in [7, 11) is 0. The zero-order chi connectivity index (χ0) is 18.6. The Kier molecular flexibility index (Phi) is 5.61. The monoisotopic (exact) mass is 365 g/mol. The Bertz CT molecular complexity index is 763. The first-order valence-electron chi connectivity index (χ1n) is 10.6. The molecule has 144 valence electrons. The number of carbonyl (C=O) groups is 1. The summed E-state index contributed by atoms with van der Waals surface area (Å²) in [6.07, 6.45) is 10.7. The molecule has 2 fully saturated rings. The van der Waals surface area contributed by atoms with Crippen LogP contribution in [-0.4, -0.2) is 33.4 Å². The van der Waals surface area contributed by atoms with Crippen molar-refractivity contribution in [3.8, 4) is 0 Å². The maximum Gasteiger partial charge on any atom is 0.222 e. The third-order valence-corrected chi connectivity index (χ3v) is 6.29. The highest BCUT2D eigenvalue weighted by molar-refractivity contribution is 5.76. The van der Waals surface area contributed by atoms with Gasteiger partial charge in [0.25, 0.3) is 0 Å². The van der Waals surface area contributed by atoms with Crippen LogP contribution in [0.4, 0.5) is 0 Å². The number of hydrogen-bond acceptors (Lipinski definition) is 2. The van der Waals surface area contributed by atoms with Crippen molar-refractivity contribution in [1.29, 1.82) is 0 Å². The van der Waals surface area contributed by atoms with Crippen molar-refractivity contribution in [2.45, 2.75) is 70.3 Å². The molecule has 1 saturated heterocycles. The second-order valence-electron chi connectivity index (χ2n) is 8.23. The number of nitrogens with zero attached hydrogens (tertiary/aromatic N) is 3. The van der Waals surface area contributed by atoms with Crippen LogP contribution in [0, 0.1) is 6.92 Å². The van der Waals surface area contributed by atoms with Crippen LogP contribution in [0.3, 0.4) is 0 Å². The number of benzene rings is 1. The molecule has 4 heteroatoms. The second kappa shape index (κ2) is 8.28. The Morgan fingerprint density at radius 3 is 2.70 bits per heavy atom. The third-order valence-electron chi connectivity index (χ3n) is 6.29. The summed E-state index contributed by atoms with van der Waals surface area (Å²) in [6, 6.07) is 10.9. The molecule has 2 heterocycles. The number of rotatable bonds is 6. The number of imidazole rings is 1. The topological polar surface area (TPSA) is 38.1 Å². The van der Waals surface area contributed by atoms with E-state index in [-0.39, 0.29) is 0 Å². The van der Waals surface area contributed by atoms with E-state index in [1.807, 2.05) is 12.3 Å². The fraction of sp³-hybridized carbons (Fsp3) is 0.565. The summed E-state index contributed by atoms with van der Waals surface area (Å²) >= 11 is 0. The van der Waals surface area contributed by atoms with Gasteiger partial charge in [0.2, 0.25) is 5.91 Å². The molecule has 4 rings (SSSR count). The highest BCUT2D eigenvalue weighted by atomic mass is 16.2. The van der Waals surface area contributed by atoms with E-state index in [0.29, 0.717) is 24.3 Å². The average molecular weight is 366 g/mol. The molecule has 2 aromatic rings. The molecule has 0 radical (unpaired) electrons. The lowest BCUT2D eigenvalue weighted by atomic mass is 9.84. The van der Waals surface area contributed by atoms with E-state index in [1.54, 1.807) is 0 Å². The Labute approximate surface area is 162 Å². The van der Waals surface area contributed by atoms with Gasteiger partial charge in [-0.25, -0.2) is 4.98 Å². The van der Waals surface area contributed by atoms with Gasteiger partial charge in [0, 0.05) is 37.3 Å². The summed E-state index contributed by atoms with van der Waals surface area (Å²) in [4.78, 5) is 19.6. The number of aromatic nitrogens is 2. The highest BCUT2D eigenvalue weighted by Crippen LogP contribution is 2.38. The smallest absolute Gasteiger partial charge is 0.222 e. The summed E-state index contributed by atoms with van der Waals surface area (Å²) in [6.45, 7) is 3.92. The van der Waals surface area contributed by atoms with Gasteiger partial charge in [-0.05, 0) is 51.0 Å². The molecule has 2 aliphatic rings. The van der Waals surface area contributed by atoms with Crippen LogP contribution in [0.1, 0.15) is 74.0 Å². The number of hydrogen-bond donors (Lipinski definition) is 0. The molecule has 1 unspecified atom stereocenters. The fourth-order valence-electron chi connectivity index (χ4n) is 4.55.